The van der Waals surface area contributed by atoms with Gasteiger partial charge < -0.3 is 5.73 Å². The number of carbonyl (C=O) groups excluding carboxylic acids is 2. The first-order valence-corrected chi connectivity index (χ1v) is 5.81. The number of imide groups is 1. The molecule has 18 heavy (non-hydrogen) atoms. The van der Waals surface area contributed by atoms with Crippen molar-refractivity contribution in [3.63, 3.8) is 0 Å². The number of hydrogen-bond donors (Lipinski definition) is 1. The number of rotatable bonds is 1. The summed E-state index contributed by atoms with van der Waals surface area (Å²) < 4.78 is 0. The SMILES string of the molecule is NC1=CC=C(N2C(=O)c3ccccc3C2=O)CC1. The highest BCUT2D eigenvalue weighted by molar-refractivity contribution is 6.22. The van der Waals surface area contributed by atoms with Gasteiger partial charge in [-0.3, -0.25) is 9.59 Å². The number of hydrogen-bond acceptors (Lipinski definition) is 3. The van der Waals surface area contributed by atoms with Crippen LogP contribution >= 0.6 is 0 Å². The van der Waals surface area contributed by atoms with Crippen LogP contribution in [0.2, 0.25) is 0 Å². The molecule has 0 saturated heterocycles. The van der Waals surface area contributed by atoms with Crippen LogP contribution in [-0.4, -0.2) is 16.7 Å². The largest absolute Gasteiger partial charge is 0.402 e. The molecule has 90 valence electrons. The van der Waals surface area contributed by atoms with Crippen molar-refractivity contribution in [3.05, 3.63) is 58.9 Å². The van der Waals surface area contributed by atoms with E-state index in [1.165, 1.54) is 4.90 Å². The smallest absolute Gasteiger partial charge is 0.265 e. The van der Waals surface area contributed by atoms with Gasteiger partial charge >= 0.3 is 0 Å². The summed E-state index contributed by atoms with van der Waals surface area (Å²) in [6.45, 7) is 0. The average molecular weight is 240 g/mol. The quantitative estimate of drug-likeness (QED) is 0.761. The maximum absolute atomic E-state index is 12.2. The molecular weight excluding hydrogens is 228 g/mol. The molecule has 4 nitrogen and oxygen atoms in total. The molecule has 1 aliphatic carbocycles. The maximum atomic E-state index is 12.2. The van der Waals surface area contributed by atoms with E-state index in [1.807, 2.05) is 0 Å². The lowest BCUT2D eigenvalue weighted by Gasteiger charge is -2.20. The molecule has 1 aromatic rings. The minimum absolute atomic E-state index is 0.240. The van der Waals surface area contributed by atoms with E-state index in [1.54, 1.807) is 36.4 Å². The number of allylic oxidation sites excluding steroid dienone is 4. The Hall–Kier alpha value is -2.36. The fraction of sp³-hybridized carbons (Fsp3) is 0.143. The number of fused-ring (bicyclic) bond motifs is 1. The Labute approximate surface area is 104 Å². The van der Waals surface area contributed by atoms with Crippen LogP contribution < -0.4 is 5.73 Å². The van der Waals surface area contributed by atoms with Gasteiger partial charge in [0.2, 0.25) is 0 Å². The fourth-order valence-electron chi connectivity index (χ4n) is 2.28. The zero-order valence-electron chi connectivity index (χ0n) is 9.72. The molecule has 0 saturated carbocycles. The van der Waals surface area contributed by atoms with Crippen molar-refractivity contribution in [1.82, 2.24) is 4.90 Å². The highest BCUT2D eigenvalue weighted by Crippen LogP contribution is 2.29. The highest BCUT2D eigenvalue weighted by Gasteiger charge is 2.37. The Balaban J connectivity index is 2.03. The van der Waals surface area contributed by atoms with Gasteiger partial charge in [0.15, 0.2) is 0 Å². The number of benzene rings is 1. The maximum Gasteiger partial charge on any atom is 0.265 e. The third kappa shape index (κ3) is 1.46. The minimum atomic E-state index is -0.240. The zero-order valence-corrected chi connectivity index (χ0v) is 9.72. The van der Waals surface area contributed by atoms with Crippen molar-refractivity contribution in [2.75, 3.05) is 0 Å². The van der Waals surface area contributed by atoms with E-state index < -0.39 is 0 Å². The fourth-order valence-corrected chi connectivity index (χ4v) is 2.28. The average Bonchev–Trinajstić information content (AvgIpc) is 2.64. The molecule has 0 radical (unpaired) electrons. The van der Waals surface area contributed by atoms with E-state index in [0.29, 0.717) is 24.0 Å². The Bertz CT molecular complexity index is 579. The van der Waals surface area contributed by atoms with Gasteiger partial charge in [-0.15, -0.1) is 0 Å². The van der Waals surface area contributed by atoms with E-state index in [9.17, 15) is 9.59 Å². The first kappa shape index (κ1) is 10.8. The second-order valence-electron chi connectivity index (χ2n) is 4.39. The summed E-state index contributed by atoms with van der Waals surface area (Å²) in [6.07, 6.45) is 4.80. The monoisotopic (exact) mass is 240 g/mol. The van der Waals surface area contributed by atoms with E-state index in [0.717, 1.165) is 11.4 Å². The Kier molecular flexibility index (Phi) is 2.30. The summed E-state index contributed by atoms with van der Waals surface area (Å²) in [4.78, 5) is 25.7. The summed E-state index contributed by atoms with van der Waals surface area (Å²) in [5.74, 6) is -0.480. The van der Waals surface area contributed by atoms with E-state index >= 15 is 0 Å². The molecule has 1 heterocycles. The number of amides is 2. The Morgan fingerprint density at radius 2 is 1.56 bits per heavy atom. The first-order chi connectivity index (χ1) is 8.68. The highest BCUT2D eigenvalue weighted by atomic mass is 16.2. The molecule has 0 bridgehead atoms. The van der Waals surface area contributed by atoms with Gasteiger partial charge in [0, 0.05) is 11.4 Å². The third-order valence-electron chi connectivity index (χ3n) is 3.24. The molecule has 2 amide bonds. The number of nitrogens with zero attached hydrogens (tertiary/aromatic N) is 1. The summed E-state index contributed by atoms with van der Waals surface area (Å²) in [5.41, 5.74) is 8.12. The standard InChI is InChI=1S/C14H12N2O2/c15-9-5-7-10(8-6-9)16-13(17)11-3-1-2-4-12(11)14(16)18/h1-5,7H,6,8,15H2. The van der Waals surface area contributed by atoms with Crippen LogP contribution in [0.15, 0.2) is 47.8 Å². The van der Waals surface area contributed by atoms with Gasteiger partial charge in [-0.1, -0.05) is 12.1 Å². The lowest BCUT2D eigenvalue weighted by molar-refractivity contribution is 0.0699. The molecular formula is C14H12N2O2. The van der Waals surface area contributed by atoms with Gasteiger partial charge in [-0.2, -0.15) is 0 Å². The summed E-state index contributed by atoms with van der Waals surface area (Å²) in [5, 5.41) is 0. The molecule has 0 atom stereocenters. The molecule has 2 aliphatic rings. The summed E-state index contributed by atoms with van der Waals surface area (Å²) in [7, 11) is 0. The number of nitrogens with two attached hydrogens (primary N) is 1. The lowest BCUT2D eigenvalue weighted by atomic mass is 10.1. The topological polar surface area (TPSA) is 63.4 Å². The van der Waals surface area contributed by atoms with Gasteiger partial charge in [0.05, 0.1) is 11.1 Å². The first-order valence-electron chi connectivity index (χ1n) is 5.81. The molecule has 2 N–H and O–H groups in total. The predicted molar refractivity (Wildman–Crippen MR) is 66.5 cm³/mol. The Morgan fingerprint density at radius 3 is 2.06 bits per heavy atom. The molecule has 0 fully saturated rings. The van der Waals surface area contributed by atoms with Crippen LogP contribution in [0.3, 0.4) is 0 Å². The van der Waals surface area contributed by atoms with Gasteiger partial charge in [0.1, 0.15) is 0 Å². The van der Waals surface area contributed by atoms with Gasteiger partial charge in [0.25, 0.3) is 11.8 Å². The third-order valence-corrected chi connectivity index (χ3v) is 3.24. The molecule has 0 aromatic heterocycles. The van der Waals surface area contributed by atoms with E-state index in [-0.39, 0.29) is 11.8 Å². The second-order valence-corrected chi connectivity index (χ2v) is 4.39. The summed E-state index contributed by atoms with van der Waals surface area (Å²) >= 11 is 0. The molecule has 3 rings (SSSR count). The van der Waals surface area contributed by atoms with Gasteiger partial charge in [-0.25, -0.2) is 4.90 Å². The van der Waals surface area contributed by atoms with Gasteiger partial charge in [-0.05, 0) is 37.1 Å². The summed E-state index contributed by atoms with van der Waals surface area (Å²) in [6, 6.07) is 6.90. The van der Waals surface area contributed by atoms with Crippen LogP contribution in [-0.2, 0) is 0 Å². The van der Waals surface area contributed by atoms with Crippen molar-refractivity contribution in [1.29, 1.82) is 0 Å². The van der Waals surface area contributed by atoms with Crippen LogP contribution in [0, 0.1) is 0 Å². The predicted octanol–water partition coefficient (Wildman–Crippen LogP) is 1.80. The van der Waals surface area contributed by atoms with Crippen LogP contribution in [0.1, 0.15) is 33.6 Å². The molecule has 0 unspecified atom stereocenters. The zero-order chi connectivity index (χ0) is 12.7. The van der Waals surface area contributed by atoms with Crippen molar-refractivity contribution < 1.29 is 9.59 Å². The molecule has 4 heteroatoms. The van der Waals surface area contributed by atoms with Crippen LogP contribution in [0.25, 0.3) is 0 Å². The van der Waals surface area contributed by atoms with Crippen molar-refractivity contribution in [3.8, 4) is 0 Å². The van der Waals surface area contributed by atoms with Crippen molar-refractivity contribution in [2.45, 2.75) is 12.8 Å². The molecule has 0 spiro atoms. The van der Waals surface area contributed by atoms with Crippen LogP contribution in [0.5, 0.6) is 0 Å². The van der Waals surface area contributed by atoms with E-state index in [2.05, 4.69) is 0 Å². The lowest BCUT2D eigenvalue weighted by Crippen LogP contribution is -2.30. The van der Waals surface area contributed by atoms with Crippen LogP contribution in [0.4, 0.5) is 0 Å². The number of carbonyl (C=O) groups is 2. The molecule has 1 aliphatic heterocycles. The van der Waals surface area contributed by atoms with Crippen molar-refractivity contribution in [2.24, 2.45) is 5.73 Å². The Morgan fingerprint density at radius 1 is 0.944 bits per heavy atom. The van der Waals surface area contributed by atoms with E-state index in [4.69, 9.17) is 5.73 Å². The minimum Gasteiger partial charge on any atom is -0.402 e. The normalized spacial score (nSPS) is 18.6. The van der Waals surface area contributed by atoms with Crippen molar-refractivity contribution >= 4 is 11.8 Å². The molecule has 1 aromatic carbocycles. The second kappa shape index (κ2) is 3.84.